The Balaban J connectivity index is 2.15. The van der Waals surface area contributed by atoms with Crippen LogP contribution in [0, 0.1) is 0 Å². The molecule has 2 aromatic carbocycles. The van der Waals surface area contributed by atoms with E-state index in [0.717, 1.165) is 5.69 Å². The van der Waals surface area contributed by atoms with Crippen molar-refractivity contribution < 1.29 is 15.0 Å². The van der Waals surface area contributed by atoms with E-state index in [2.05, 4.69) is 5.32 Å². The zero-order chi connectivity index (χ0) is 13.0. The Morgan fingerprint density at radius 2 is 1.78 bits per heavy atom. The lowest BCUT2D eigenvalue weighted by Gasteiger charge is -2.09. The van der Waals surface area contributed by atoms with Gasteiger partial charge in [-0.15, -0.1) is 0 Å². The minimum atomic E-state index is -1.13. The molecular weight excluding hydrogens is 230 g/mol. The van der Waals surface area contributed by atoms with Crippen LogP contribution in [0.3, 0.4) is 0 Å². The van der Waals surface area contributed by atoms with Crippen LogP contribution < -0.4 is 5.32 Å². The van der Waals surface area contributed by atoms with Gasteiger partial charge in [-0.3, -0.25) is 0 Å². The second-order valence-corrected chi connectivity index (χ2v) is 3.84. The van der Waals surface area contributed by atoms with Crippen LogP contribution in [-0.2, 0) is 6.54 Å². The Bertz CT molecular complexity index is 552. The molecule has 0 saturated heterocycles. The number of carboxylic acid groups (broad SMARTS) is 1. The summed E-state index contributed by atoms with van der Waals surface area (Å²) in [6.45, 7) is 0.372. The third kappa shape index (κ3) is 2.60. The van der Waals surface area contributed by atoms with Crippen molar-refractivity contribution in [3.8, 4) is 5.75 Å². The lowest BCUT2D eigenvalue weighted by atomic mass is 10.1. The van der Waals surface area contributed by atoms with E-state index in [0.29, 0.717) is 12.1 Å². The summed E-state index contributed by atoms with van der Waals surface area (Å²) in [7, 11) is 0. The van der Waals surface area contributed by atoms with Gasteiger partial charge in [0.25, 0.3) is 0 Å². The molecule has 4 nitrogen and oxygen atoms in total. The molecule has 0 amide bonds. The van der Waals surface area contributed by atoms with E-state index in [4.69, 9.17) is 5.11 Å². The van der Waals surface area contributed by atoms with Crippen molar-refractivity contribution in [1.82, 2.24) is 0 Å². The first-order valence-electron chi connectivity index (χ1n) is 5.51. The summed E-state index contributed by atoms with van der Waals surface area (Å²) >= 11 is 0. The minimum Gasteiger partial charge on any atom is -0.507 e. The number of rotatable bonds is 4. The summed E-state index contributed by atoms with van der Waals surface area (Å²) < 4.78 is 0. The highest BCUT2D eigenvalue weighted by Gasteiger charge is 2.12. The summed E-state index contributed by atoms with van der Waals surface area (Å²) in [4.78, 5) is 10.9. The second-order valence-electron chi connectivity index (χ2n) is 3.84. The third-order valence-corrected chi connectivity index (χ3v) is 2.61. The van der Waals surface area contributed by atoms with E-state index in [1.165, 1.54) is 6.07 Å². The van der Waals surface area contributed by atoms with E-state index < -0.39 is 5.97 Å². The highest BCUT2D eigenvalue weighted by atomic mass is 16.4. The molecule has 0 spiro atoms. The largest absolute Gasteiger partial charge is 0.507 e. The average molecular weight is 243 g/mol. The second kappa shape index (κ2) is 5.23. The van der Waals surface area contributed by atoms with Gasteiger partial charge < -0.3 is 15.5 Å². The molecule has 0 aliphatic heterocycles. The van der Waals surface area contributed by atoms with Crippen molar-refractivity contribution in [2.45, 2.75) is 6.54 Å². The Labute approximate surface area is 105 Å². The van der Waals surface area contributed by atoms with Crippen LogP contribution in [0.15, 0.2) is 48.5 Å². The molecule has 92 valence electrons. The number of hydrogen-bond donors (Lipinski definition) is 3. The maximum Gasteiger partial charge on any atom is 0.339 e. The lowest BCUT2D eigenvalue weighted by Crippen LogP contribution is -2.03. The topological polar surface area (TPSA) is 69.6 Å². The fraction of sp³-hybridized carbons (Fsp3) is 0.0714. The van der Waals surface area contributed by atoms with Crippen LogP contribution >= 0.6 is 0 Å². The first-order chi connectivity index (χ1) is 8.68. The zero-order valence-corrected chi connectivity index (χ0v) is 9.63. The molecule has 0 unspecified atom stereocenters. The minimum absolute atomic E-state index is 0.0811. The monoisotopic (exact) mass is 243 g/mol. The van der Waals surface area contributed by atoms with Gasteiger partial charge in [0.1, 0.15) is 11.3 Å². The van der Waals surface area contributed by atoms with E-state index >= 15 is 0 Å². The molecule has 0 aliphatic carbocycles. The number of phenols is 1. The number of para-hydroxylation sites is 2. The van der Waals surface area contributed by atoms with Gasteiger partial charge in [0.2, 0.25) is 0 Å². The summed E-state index contributed by atoms with van der Waals surface area (Å²) in [5.74, 6) is -1.32. The summed E-state index contributed by atoms with van der Waals surface area (Å²) in [6.07, 6.45) is 0. The van der Waals surface area contributed by atoms with Crippen LogP contribution in [0.2, 0.25) is 0 Å². The Morgan fingerprint density at radius 3 is 2.44 bits per heavy atom. The molecule has 2 aromatic rings. The summed E-state index contributed by atoms with van der Waals surface area (Å²) in [5, 5.41) is 21.8. The van der Waals surface area contributed by atoms with Crippen LogP contribution in [0.4, 0.5) is 5.69 Å². The molecule has 0 bridgehead atoms. The number of aromatic carboxylic acids is 1. The Hall–Kier alpha value is -2.49. The normalized spacial score (nSPS) is 10.0. The fourth-order valence-corrected chi connectivity index (χ4v) is 1.66. The zero-order valence-electron chi connectivity index (χ0n) is 9.63. The number of benzene rings is 2. The van der Waals surface area contributed by atoms with Gasteiger partial charge in [0.05, 0.1) is 0 Å². The average Bonchev–Trinajstić information content (AvgIpc) is 2.38. The van der Waals surface area contributed by atoms with Gasteiger partial charge in [-0.05, 0) is 18.2 Å². The van der Waals surface area contributed by atoms with Crippen molar-refractivity contribution in [2.24, 2.45) is 0 Å². The molecule has 0 saturated carbocycles. The number of hydrogen-bond acceptors (Lipinski definition) is 3. The highest BCUT2D eigenvalue weighted by Crippen LogP contribution is 2.23. The SMILES string of the molecule is O=C(O)c1cccc(CNc2ccccc2)c1O. The molecule has 0 heterocycles. The highest BCUT2D eigenvalue weighted by molar-refractivity contribution is 5.91. The molecular formula is C14H13NO3. The number of carbonyl (C=O) groups is 1. The predicted molar refractivity (Wildman–Crippen MR) is 68.8 cm³/mol. The summed E-state index contributed by atoms with van der Waals surface area (Å²) in [6, 6.07) is 14.2. The smallest absolute Gasteiger partial charge is 0.339 e. The maximum atomic E-state index is 10.9. The van der Waals surface area contributed by atoms with E-state index in [1.807, 2.05) is 30.3 Å². The van der Waals surface area contributed by atoms with Gasteiger partial charge in [0.15, 0.2) is 0 Å². The third-order valence-electron chi connectivity index (χ3n) is 2.61. The summed E-state index contributed by atoms with van der Waals surface area (Å²) in [5.41, 5.74) is 1.39. The first-order valence-corrected chi connectivity index (χ1v) is 5.51. The molecule has 2 rings (SSSR count). The maximum absolute atomic E-state index is 10.9. The van der Waals surface area contributed by atoms with E-state index in [-0.39, 0.29) is 11.3 Å². The molecule has 0 fully saturated rings. The van der Waals surface area contributed by atoms with Gasteiger partial charge in [-0.1, -0.05) is 30.3 Å². The number of nitrogens with one attached hydrogen (secondary N) is 1. The standard InChI is InChI=1S/C14H13NO3/c16-13-10(5-4-8-12(13)14(17)18)9-15-11-6-2-1-3-7-11/h1-8,15-16H,9H2,(H,17,18). The molecule has 0 aromatic heterocycles. The molecule has 3 N–H and O–H groups in total. The quantitative estimate of drug-likeness (QED) is 0.772. The number of anilines is 1. The molecule has 4 heteroatoms. The number of carboxylic acids is 1. The van der Waals surface area contributed by atoms with E-state index in [9.17, 15) is 9.90 Å². The van der Waals surface area contributed by atoms with Gasteiger partial charge in [-0.25, -0.2) is 4.79 Å². The van der Waals surface area contributed by atoms with Gasteiger partial charge >= 0.3 is 5.97 Å². The Morgan fingerprint density at radius 1 is 1.06 bits per heavy atom. The first kappa shape index (κ1) is 12.0. The van der Waals surface area contributed by atoms with Crippen LogP contribution in [0.1, 0.15) is 15.9 Å². The van der Waals surface area contributed by atoms with Crippen molar-refractivity contribution in [1.29, 1.82) is 0 Å². The van der Waals surface area contributed by atoms with Crippen molar-refractivity contribution in [2.75, 3.05) is 5.32 Å². The van der Waals surface area contributed by atoms with Crippen LogP contribution in [0.25, 0.3) is 0 Å². The van der Waals surface area contributed by atoms with E-state index in [1.54, 1.807) is 12.1 Å². The molecule has 18 heavy (non-hydrogen) atoms. The number of aromatic hydroxyl groups is 1. The lowest BCUT2D eigenvalue weighted by molar-refractivity contribution is 0.0693. The van der Waals surface area contributed by atoms with Crippen molar-refractivity contribution in [3.63, 3.8) is 0 Å². The molecule has 0 aliphatic rings. The Kier molecular flexibility index (Phi) is 3.48. The predicted octanol–water partition coefficient (Wildman–Crippen LogP) is 2.70. The molecule has 0 radical (unpaired) electrons. The molecule has 0 atom stereocenters. The van der Waals surface area contributed by atoms with Gasteiger partial charge in [-0.2, -0.15) is 0 Å². The van der Waals surface area contributed by atoms with Crippen LogP contribution in [-0.4, -0.2) is 16.2 Å². The van der Waals surface area contributed by atoms with Crippen LogP contribution in [0.5, 0.6) is 5.75 Å². The van der Waals surface area contributed by atoms with Crippen molar-refractivity contribution in [3.05, 3.63) is 59.7 Å². The van der Waals surface area contributed by atoms with Crippen molar-refractivity contribution >= 4 is 11.7 Å². The van der Waals surface area contributed by atoms with Gasteiger partial charge in [0, 0.05) is 17.8 Å². The fourth-order valence-electron chi connectivity index (χ4n) is 1.66.